The zero-order valence-corrected chi connectivity index (χ0v) is 18.7. The van der Waals surface area contributed by atoms with Gasteiger partial charge in [0.2, 0.25) is 17.7 Å². The maximum absolute atomic E-state index is 12.9. The summed E-state index contributed by atoms with van der Waals surface area (Å²) in [4.78, 5) is 72.6. The highest BCUT2D eigenvalue weighted by Gasteiger charge is 2.38. The summed E-state index contributed by atoms with van der Waals surface area (Å²) in [5.41, 5.74) is 5.63. The molecule has 0 aromatic heterocycles. The molecule has 0 aromatic carbocycles. The fourth-order valence-corrected chi connectivity index (χ4v) is 3.53. The van der Waals surface area contributed by atoms with Crippen LogP contribution in [-0.4, -0.2) is 86.6 Å². The lowest BCUT2D eigenvalue weighted by molar-refractivity contribution is -0.145. The smallest absolute Gasteiger partial charge is 0.326 e. The van der Waals surface area contributed by atoms with Crippen LogP contribution in [0.15, 0.2) is 0 Å². The molecule has 0 bridgehead atoms. The second-order valence-corrected chi connectivity index (χ2v) is 8.10. The van der Waals surface area contributed by atoms with Gasteiger partial charge in [0.25, 0.3) is 0 Å². The van der Waals surface area contributed by atoms with Crippen molar-refractivity contribution in [3.63, 3.8) is 0 Å². The molecule has 0 radical (unpaired) electrons. The van der Waals surface area contributed by atoms with E-state index in [0.29, 0.717) is 12.8 Å². The molecule has 33 heavy (non-hydrogen) atoms. The summed E-state index contributed by atoms with van der Waals surface area (Å²) in [6.45, 7) is 3.55. The number of hydrogen-bond donors (Lipinski definition) is 6. The first-order chi connectivity index (χ1) is 15.4. The van der Waals surface area contributed by atoms with Gasteiger partial charge in [-0.2, -0.15) is 0 Å². The summed E-state index contributed by atoms with van der Waals surface area (Å²) in [6.07, 6.45) is -0.214. The molecule has 1 heterocycles. The van der Waals surface area contributed by atoms with Gasteiger partial charge < -0.3 is 36.6 Å². The quantitative estimate of drug-likeness (QED) is 0.187. The van der Waals surface area contributed by atoms with Crippen molar-refractivity contribution >= 4 is 35.6 Å². The third-order valence-electron chi connectivity index (χ3n) is 5.61. The van der Waals surface area contributed by atoms with Gasteiger partial charge >= 0.3 is 17.9 Å². The Balaban J connectivity index is 2.97. The van der Waals surface area contributed by atoms with Gasteiger partial charge in [-0.3, -0.25) is 24.0 Å². The van der Waals surface area contributed by atoms with Crippen LogP contribution in [0.25, 0.3) is 0 Å². The predicted molar refractivity (Wildman–Crippen MR) is 113 cm³/mol. The fraction of sp³-hybridized carbons (Fsp3) is 0.700. The van der Waals surface area contributed by atoms with Gasteiger partial charge in [-0.05, 0) is 25.2 Å². The minimum Gasteiger partial charge on any atom is -0.481 e. The molecule has 7 N–H and O–H groups in total. The van der Waals surface area contributed by atoms with E-state index in [1.54, 1.807) is 13.8 Å². The molecular formula is C20H32N4O9. The number of nitrogens with one attached hydrogen (secondary N) is 2. The summed E-state index contributed by atoms with van der Waals surface area (Å²) >= 11 is 0. The number of nitrogens with zero attached hydrogens (tertiary/aromatic N) is 1. The molecule has 0 spiro atoms. The Morgan fingerprint density at radius 2 is 1.70 bits per heavy atom. The van der Waals surface area contributed by atoms with Crippen LogP contribution < -0.4 is 16.4 Å². The Bertz CT molecular complexity index is 773. The molecule has 1 aliphatic rings. The first kappa shape index (κ1) is 27.8. The molecule has 3 amide bonds. The number of aliphatic carboxylic acids is 3. The average Bonchev–Trinajstić information content (AvgIpc) is 3.22. The number of carbonyl (C=O) groups is 6. The second-order valence-electron chi connectivity index (χ2n) is 8.10. The number of amides is 3. The van der Waals surface area contributed by atoms with Crippen molar-refractivity contribution in [3.05, 3.63) is 0 Å². The molecule has 0 aromatic rings. The van der Waals surface area contributed by atoms with E-state index in [4.69, 9.17) is 15.9 Å². The first-order valence-corrected chi connectivity index (χ1v) is 10.7. The van der Waals surface area contributed by atoms with Crippen LogP contribution in [0.1, 0.15) is 52.4 Å². The van der Waals surface area contributed by atoms with E-state index in [1.165, 1.54) is 0 Å². The van der Waals surface area contributed by atoms with Gasteiger partial charge in [0.05, 0.1) is 12.5 Å². The Hall–Kier alpha value is -3.22. The molecule has 1 saturated heterocycles. The second kappa shape index (κ2) is 12.7. The largest absolute Gasteiger partial charge is 0.481 e. The molecule has 13 nitrogen and oxygen atoms in total. The van der Waals surface area contributed by atoms with Gasteiger partial charge in [0.15, 0.2) is 0 Å². The number of carboxylic acid groups (broad SMARTS) is 3. The highest BCUT2D eigenvalue weighted by Crippen LogP contribution is 2.19. The van der Waals surface area contributed by atoms with Crippen LogP contribution in [-0.2, 0) is 28.8 Å². The first-order valence-electron chi connectivity index (χ1n) is 10.7. The minimum absolute atomic E-state index is 0.172. The lowest BCUT2D eigenvalue weighted by Crippen LogP contribution is -2.57. The Kier molecular flexibility index (Phi) is 10.7. The molecule has 5 unspecified atom stereocenters. The summed E-state index contributed by atoms with van der Waals surface area (Å²) in [7, 11) is 0. The molecule has 5 atom stereocenters. The molecule has 1 fully saturated rings. The van der Waals surface area contributed by atoms with Crippen LogP contribution in [0.3, 0.4) is 0 Å². The number of nitrogens with two attached hydrogens (primary N) is 1. The van der Waals surface area contributed by atoms with Crippen molar-refractivity contribution in [2.45, 2.75) is 76.5 Å². The highest BCUT2D eigenvalue weighted by atomic mass is 16.4. The van der Waals surface area contributed by atoms with Crippen LogP contribution in [0.2, 0.25) is 0 Å². The Labute approximate surface area is 190 Å². The highest BCUT2D eigenvalue weighted by molar-refractivity contribution is 5.95. The van der Waals surface area contributed by atoms with Crippen LogP contribution in [0.4, 0.5) is 0 Å². The van der Waals surface area contributed by atoms with E-state index in [2.05, 4.69) is 10.6 Å². The van der Waals surface area contributed by atoms with Gasteiger partial charge in [-0.1, -0.05) is 20.3 Å². The number of rotatable bonds is 13. The fourth-order valence-electron chi connectivity index (χ4n) is 3.53. The normalized spacial score (nSPS) is 19.1. The van der Waals surface area contributed by atoms with E-state index in [9.17, 15) is 33.9 Å². The third-order valence-corrected chi connectivity index (χ3v) is 5.61. The SMILES string of the molecule is CCC(C)C(NC(=O)C(CCC(=O)O)NC(=O)C1CCCN1C(=O)C(N)CC(=O)O)C(=O)O. The summed E-state index contributed by atoms with van der Waals surface area (Å²) in [6, 6.07) is -4.92. The monoisotopic (exact) mass is 472 g/mol. The number of carbonyl (C=O) groups excluding carboxylic acids is 3. The standard InChI is InChI=1S/C20H32N4O9/c1-3-10(2)16(20(32)33)23-17(29)12(6-7-14(25)26)22-18(30)13-5-4-8-24(13)19(31)11(21)9-15(27)28/h10-13,16H,3-9,21H2,1-2H3,(H,22,30)(H,23,29)(H,25,26)(H,27,28)(H,32,33). The van der Waals surface area contributed by atoms with Crippen molar-refractivity contribution in [3.8, 4) is 0 Å². The number of carboxylic acids is 3. The topological polar surface area (TPSA) is 216 Å². The summed E-state index contributed by atoms with van der Waals surface area (Å²) < 4.78 is 0. The molecule has 1 rings (SSSR count). The third kappa shape index (κ3) is 8.33. The molecule has 1 aliphatic heterocycles. The van der Waals surface area contributed by atoms with E-state index >= 15 is 0 Å². The molecule has 13 heteroatoms. The minimum atomic E-state index is -1.34. The molecule has 0 aliphatic carbocycles. The number of hydrogen-bond acceptors (Lipinski definition) is 7. The van der Waals surface area contributed by atoms with E-state index in [-0.39, 0.29) is 19.4 Å². The van der Waals surface area contributed by atoms with E-state index in [1.807, 2.05) is 0 Å². The summed E-state index contributed by atoms with van der Waals surface area (Å²) in [5.74, 6) is -6.46. The summed E-state index contributed by atoms with van der Waals surface area (Å²) in [5, 5.41) is 32.0. The van der Waals surface area contributed by atoms with Gasteiger partial charge in [0.1, 0.15) is 18.1 Å². The Morgan fingerprint density at radius 3 is 2.21 bits per heavy atom. The van der Waals surface area contributed by atoms with Crippen molar-refractivity contribution in [2.24, 2.45) is 11.7 Å². The van der Waals surface area contributed by atoms with Crippen LogP contribution >= 0.6 is 0 Å². The van der Waals surface area contributed by atoms with Crippen molar-refractivity contribution in [1.29, 1.82) is 0 Å². The molecular weight excluding hydrogens is 440 g/mol. The van der Waals surface area contributed by atoms with Gasteiger partial charge in [0, 0.05) is 13.0 Å². The zero-order valence-electron chi connectivity index (χ0n) is 18.7. The van der Waals surface area contributed by atoms with Crippen molar-refractivity contribution in [1.82, 2.24) is 15.5 Å². The number of likely N-dealkylation sites (tertiary alicyclic amines) is 1. The van der Waals surface area contributed by atoms with E-state index in [0.717, 1.165) is 4.90 Å². The Morgan fingerprint density at radius 1 is 1.06 bits per heavy atom. The van der Waals surface area contributed by atoms with Gasteiger partial charge in [-0.25, -0.2) is 4.79 Å². The zero-order chi connectivity index (χ0) is 25.3. The van der Waals surface area contributed by atoms with E-state index < -0.39 is 78.6 Å². The maximum atomic E-state index is 12.9. The van der Waals surface area contributed by atoms with Crippen molar-refractivity contribution < 1.29 is 44.1 Å². The lowest BCUT2D eigenvalue weighted by Gasteiger charge is -2.28. The van der Waals surface area contributed by atoms with Gasteiger partial charge in [-0.15, -0.1) is 0 Å². The average molecular weight is 472 g/mol. The molecule has 186 valence electrons. The molecule has 0 saturated carbocycles. The van der Waals surface area contributed by atoms with Crippen molar-refractivity contribution in [2.75, 3.05) is 6.54 Å². The van der Waals surface area contributed by atoms with Crippen LogP contribution in [0, 0.1) is 5.92 Å². The lowest BCUT2D eigenvalue weighted by atomic mass is 9.98. The maximum Gasteiger partial charge on any atom is 0.326 e. The van der Waals surface area contributed by atoms with Crippen LogP contribution in [0.5, 0.6) is 0 Å². The predicted octanol–water partition coefficient (Wildman–Crippen LogP) is -1.26.